The molecule has 1 atom stereocenters. The van der Waals surface area contributed by atoms with Gasteiger partial charge in [0, 0.05) is 30.3 Å². The SMILES string of the molecule is O=C1CC(S)CN1c1cc(F)c(F)cc1F. The van der Waals surface area contributed by atoms with E-state index in [2.05, 4.69) is 12.6 Å². The van der Waals surface area contributed by atoms with Crippen molar-refractivity contribution in [2.45, 2.75) is 11.7 Å². The molecule has 0 bridgehead atoms. The van der Waals surface area contributed by atoms with Crippen LogP contribution in [0.3, 0.4) is 0 Å². The van der Waals surface area contributed by atoms with Gasteiger partial charge in [0.2, 0.25) is 5.91 Å². The van der Waals surface area contributed by atoms with Crippen LogP contribution in [0.15, 0.2) is 12.1 Å². The molecule has 0 saturated carbocycles. The lowest BCUT2D eigenvalue weighted by Gasteiger charge is -2.16. The average molecular weight is 247 g/mol. The first-order valence-corrected chi connectivity index (χ1v) is 5.13. The van der Waals surface area contributed by atoms with Gasteiger partial charge in [-0.05, 0) is 0 Å². The van der Waals surface area contributed by atoms with Crippen molar-refractivity contribution >= 4 is 24.2 Å². The molecule has 6 heteroatoms. The second-order valence-corrected chi connectivity index (χ2v) is 4.31. The number of amides is 1. The molecule has 1 amide bonds. The minimum Gasteiger partial charge on any atom is -0.308 e. The molecule has 1 aliphatic rings. The maximum Gasteiger partial charge on any atom is 0.228 e. The van der Waals surface area contributed by atoms with Crippen LogP contribution < -0.4 is 4.90 Å². The van der Waals surface area contributed by atoms with Crippen LogP contribution in [0, 0.1) is 17.5 Å². The lowest BCUT2D eigenvalue weighted by Crippen LogP contribution is -2.26. The van der Waals surface area contributed by atoms with E-state index in [1.54, 1.807) is 0 Å². The Morgan fingerprint density at radius 1 is 1.19 bits per heavy atom. The monoisotopic (exact) mass is 247 g/mol. The fraction of sp³-hybridized carbons (Fsp3) is 0.300. The number of halogens is 3. The fourth-order valence-corrected chi connectivity index (χ4v) is 1.96. The number of thiol groups is 1. The van der Waals surface area contributed by atoms with E-state index < -0.39 is 17.5 Å². The van der Waals surface area contributed by atoms with Crippen LogP contribution in [0.25, 0.3) is 0 Å². The van der Waals surface area contributed by atoms with Crippen molar-refractivity contribution in [2.24, 2.45) is 0 Å². The van der Waals surface area contributed by atoms with E-state index in [0.29, 0.717) is 12.1 Å². The van der Waals surface area contributed by atoms with Gasteiger partial charge in [0.05, 0.1) is 5.69 Å². The Morgan fingerprint density at radius 2 is 1.81 bits per heavy atom. The number of anilines is 1. The Kier molecular flexibility index (Phi) is 2.84. The van der Waals surface area contributed by atoms with E-state index in [1.165, 1.54) is 0 Å². The summed E-state index contributed by atoms with van der Waals surface area (Å²) in [4.78, 5) is 12.5. The largest absolute Gasteiger partial charge is 0.308 e. The van der Waals surface area contributed by atoms with E-state index in [1.807, 2.05) is 0 Å². The Morgan fingerprint density at radius 3 is 2.38 bits per heavy atom. The van der Waals surface area contributed by atoms with E-state index in [0.717, 1.165) is 4.90 Å². The molecular formula is C10H8F3NOS. The van der Waals surface area contributed by atoms with Crippen molar-refractivity contribution in [1.82, 2.24) is 0 Å². The average Bonchev–Trinajstić information content (AvgIpc) is 2.51. The summed E-state index contributed by atoms with van der Waals surface area (Å²) in [6.45, 7) is 0.198. The molecule has 0 aromatic heterocycles. The number of benzene rings is 1. The Balaban J connectivity index is 2.41. The highest BCUT2D eigenvalue weighted by molar-refractivity contribution is 7.81. The third kappa shape index (κ3) is 1.89. The highest BCUT2D eigenvalue weighted by atomic mass is 32.1. The molecule has 0 N–H and O–H groups in total. The van der Waals surface area contributed by atoms with Gasteiger partial charge in [-0.15, -0.1) is 0 Å². The molecule has 86 valence electrons. The first kappa shape index (κ1) is 11.3. The predicted octanol–water partition coefficient (Wildman–Crippen LogP) is 2.14. The molecule has 1 saturated heterocycles. The minimum atomic E-state index is -1.27. The van der Waals surface area contributed by atoms with E-state index in [-0.39, 0.29) is 29.8 Å². The summed E-state index contributed by atoms with van der Waals surface area (Å²) >= 11 is 4.09. The number of hydrogen-bond donors (Lipinski definition) is 1. The smallest absolute Gasteiger partial charge is 0.228 e. The maximum absolute atomic E-state index is 13.4. The van der Waals surface area contributed by atoms with Crippen molar-refractivity contribution in [3.05, 3.63) is 29.6 Å². The van der Waals surface area contributed by atoms with Crippen LogP contribution in [0.1, 0.15) is 6.42 Å². The highest BCUT2D eigenvalue weighted by Crippen LogP contribution is 2.28. The van der Waals surface area contributed by atoms with E-state index in [9.17, 15) is 18.0 Å². The summed E-state index contributed by atoms with van der Waals surface area (Å²) in [5, 5.41) is -0.208. The molecule has 1 fully saturated rings. The molecular weight excluding hydrogens is 239 g/mol. The van der Waals surface area contributed by atoms with Crippen molar-refractivity contribution in [3.63, 3.8) is 0 Å². The van der Waals surface area contributed by atoms with Crippen LogP contribution in [0.2, 0.25) is 0 Å². The quantitative estimate of drug-likeness (QED) is 0.595. The topological polar surface area (TPSA) is 20.3 Å². The normalized spacial score (nSPS) is 20.6. The van der Waals surface area contributed by atoms with Gasteiger partial charge in [-0.3, -0.25) is 4.79 Å². The molecule has 16 heavy (non-hydrogen) atoms. The molecule has 0 aliphatic carbocycles. The highest BCUT2D eigenvalue weighted by Gasteiger charge is 2.30. The summed E-state index contributed by atoms with van der Waals surface area (Å²) in [5.74, 6) is -3.73. The first-order chi connectivity index (χ1) is 7.49. The summed E-state index contributed by atoms with van der Waals surface area (Å²) in [6, 6.07) is 1.12. The zero-order valence-corrected chi connectivity index (χ0v) is 8.98. The van der Waals surface area contributed by atoms with E-state index in [4.69, 9.17) is 0 Å². The zero-order valence-electron chi connectivity index (χ0n) is 8.08. The molecule has 2 nitrogen and oxygen atoms in total. The van der Waals surface area contributed by atoms with Crippen LogP contribution in [0.4, 0.5) is 18.9 Å². The summed E-state index contributed by atoms with van der Waals surface area (Å²) < 4.78 is 39.0. The number of nitrogens with zero attached hydrogens (tertiary/aromatic N) is 1. The molecule has 2 rings (SSSR count). The Bertz CT molecular complexity index is 452. The zero-order chi connectivity index (χ0) is 11.9. The first-order valence-electron chi connectivity index (χ1n) is 4.62. The van der Waals surface area contributed by atoms with Gasteiger partial charge in [0.25, 0.3) is 0 Å². The standard InChI is InChI=1S/C10H8F3NOS/c11-6-2-8(13)9(3-7(6)12)14-4-5(16)1-10(14)15/h2-3,5,16H,1,4H2. The lowest BCUT2D eigenvalue weighted by atomic mass is 10.2. The van der Waals surface area contributed by atoms with E-state index >= 15 is 0 Å². The predicted molar refractivity (Wildman–Crippen MR) is 56.1 cm³/mol. The Hall–Kier alpha value is -1.17. The third-order valence-electron chi connectivity index (χ3n) is 2.39. The molecule has 0 spiro atoms. The molecule has 0 radical (unpaired) electrons. The second-order valence-electron chi connectivity index (χ2n) is 3.58. The van der Waals surface area contributed by atoms with Gasteiger partial charge in [-0.2, -0.15) is 12.6 Å². The number of rotatable bonds is 1. The number of hydrogen-bond acceptors (Lipinski definition) is 2. The Labute approximate surface area is 95.5 Å². The van der Waals surface area contributed by atoms with Crippen LogP contribution in [-0.2, 0) is 4.79 Å². The molecule has 1 heterocycles. The summed E-state index contributed by atoms with van der Waals surface area (Å²) in [6.07, 6.45) is 0.168. The van der Waals surface area contributed by atoms with Crippen LogP contribution >= 0.6 is 12.6 Å². The van der Waals surface area contributed by atoms with Gasteiger partial charge < -0.3 is 4.90 Å². The van der Waals surface area contributed by atoms with Crippen molar-refractivity contribution in [2.75, 3.05) is 11.4 Å². The molecule has 1 aromatic rings. The summed E-state index contributed by atoms with van der Waals surface area (Å²) in [7, 11) is 0. The van der Waals surface area contributed by atoms with Crippen molar-refractivity contribution in [3.8, 4) is 0 Å². The van der Waals surface area contributed by atoms with Gasteiger partial charge in [0.1, 0.15) is 5.82 Å². The minimum absolute atomic E-state index is 0.168. The fourth-order valence-electron chi connectivity index (χ4n) is 1.64. The third-order valence-corrected chi connectivity index (χ3v) is 2.73. The van der Waals surface area contributed by atoms with Crippen molar-refractivity contribution in [1.29, 1.82) is 0 Å². The van der Waals surface area contributed by atoms with Gasteiger partial charge >= 0.3 is 0 Å². The molecule has 1 aromatic carbocycles. The number of carbonyl (C=O) groups is 1. The lowest BCUT2D eigenvalue weighted by molar-refractivity contribution is -0.117. The van der Waals surface area contributed by atoms with Gasteiger partial charge in [-0.25, -0.2) is 13.2 Å². The second kappa shape index (κ2) is 4.01. The van der Waals surface area contributed by atoms with Crippen LogP contribution in [-0.4, -0.2) is 17.7 Å². The molecule has 1 aliphatic heterocycles. The van der Waals surface area contributed by atoms with Crippen LogP contribution in [0.5, 0.6) is 0 Å². The maximum atomic E-state index is 13.4. The molecule has 1 unspecified atom stereocenters. The van der Waals surface area contributed by atoms with Gasteiger partial charge in [0.15, 0.2) is 11.6 Å². The van der Waals surface area contributed by atoms with Gasteiger partial charge in [-0.1, -0.05) is 0 Å². The van der Waals surface area contributed by atoms with Crippen molar-refractivity contribution < 1.29 is 18.0 Å². The number of carbonyl (C=O) groups excluding carboxylic acids is 1. The summed E-state index contributed by atoms with van der Waals surface area (Å²) in [5.41, 5.74) is -0.236.